The molecule has 0 fully saturated rings. The van der Waals surface area contributed by atoms with E-state index >= 15 is 0 Å². The van der Waals surface area contributed by atoms with Crippen LogP contribution in [0.5, 0.6) is 0 Å². The van der Waals surface area contributed by atoms with Gasteiger partial charge in [0.15, 0.2) is 0 Å². The van der Waals surface area contributed by atoms with Crippen molar-refractivity contribution in [3.63, 3.8) is 0 Å². The first-order chi connectivity index (χ1) is 15.9. The fraction of sp³-hybridized carbons (Fsp3) is 0.238. The third-order valence-electron chi connectivity index (χ3n) is 4.28. The van der Waals surface area contributed by atoms with E-state index in [4.69, 9.17) is 4.84 Å². The normalized spacial score (nSPS) is 13.1. The minimum atomic E-state index is -4.76. The van der Waals surface area contributed by atoms with Crippen LogP contribution in [0, 0.1) is 0 Å². The lowest BCUT2D eigenvalue weighted by atomic mass is 10.1. The van der Waals surface area contributed by atoms with Crippen LogP contribution in [0.2, 0.25) is 0 Å². The number of nitrogens with one attached hydrogen (secondary N) is 1. The van der Waals surface area contributed by atoms with Crippen molar-refractivity contribution in [2.24, 2.45) is 5.16 Å². The summed E-state index contributed by atoms with van der Waals surface area (Å²) in [5.74, 6) is -2.27. The molecule has 1 unspecified atom stereocenters. The Balaban J connectivity index is 1.51. The molecular weight excluding hydrogens is 470 g/mol. The highest BCUT2D eigenvalue weighted by Gasteiger charge is 2.38. The van der Waals surface area contributed by atoms with Crippen LogP contribution in [0.25, 0.3) is 11.4 Å². The number of nitrogens with zero attached hydrogens (tertiary/aromatic N) is 3. The molecule has 0 bridgehead atoms. The van der Waals surface area contributed by atoms with E-state index in [1.165, 1.54) is 42.6 Å². The molecule has 1 atom stereocenters. The average molecular weight is 486 g/mol. The highest BCUT2D eigenvalue weighted by molar-refractivity contribution is 5.96. The quantitative estimate of drug-likeness (QED) is 0.285. The van der Waals surface area contributed by atoms with Gasteiger partial charge in [0.1, 0.15) is 6.61 Å². The molecule has 3 aromatic rings. The molecule has 0 saturated carbocycles. The minimum absolute atomic E-state index is 0.200. The Kier molecular flexibility index (Phi) is 7.23. The van der Waals surface area contributed by atoms with Gasteiger partial charge in [-0.3, -0.25) is 4.79 Å². The fourth-order valence-electron chi connectivity index (χ4n) is 2.64. The van der Waals surface area contributed by atoms with Gasteiger partial charge in [-0.2, -0.15) is 31.3 Å². The number of alkyl halides is 6. The van der Waals surface area contributed by atoms with Crippen molar-refractivity contribution in [3.05, 3.63) is 71.1 Å². The highest BCUT2D eigenvalue weighted by atomic mass is 19.4. The van der Waals surface area contributed by atoms with E-state index in [0.717, 1.165) is 12.1 Å². The van der Waals surface area contributed by atoms with Gasteiger partial charge >= 0.3 is 18.2 Å². The second-order valence-electron chi connectivity index (χ2n) is 6.99. The van der Waals surface area contributed by atoms with Gasteiger partial charge < -0.3 is 14.7 Å². The first kappa shape index (κ1) is 24.7. The Morgan fingerprint density at radius 3 is 2.44 bits per heavy atom. The lowest BCUT2D eigenvalue weighted by Gasteiger charge is -2.10. The number of halogens is 6. The molecule has 1 aromatic heterocycles. The number of hydrogen-bond acceptors (Lipinski definition) is 6. The maximum atomic E-state index is 12.7. The molecule has 13 heteroatoms. The van der Waals surface area contributed by atoms with E-state index in [1.807, 2.05) is 0 Å². The largest absolute Gasteiger partial charge is 0.471 e. The maximum absolute atomic E-state index is 12.7. The monoisotopic (exact) mass is 486 g/mol. The summed E-state index contributed by atoms with van der Waals surface area (Å²) in [5, 5.41) is 9.50. The minimum Gasteiger partial charge on any atom is -0.391 e. The molecule has 0 aliphatic carbocycles. The van der Waals surface area contributed by atoms with E-state index in [2.05, 4.69) is 25.1 Å². The number of hydrogen-bond donors (Lipinski definition) is 1. The van der Waals surface area contributed by atoms with Gasteiger partial charge in [-0.05, 0) is 36.8 Å². The Bertz CT molecular complexity index is 1160. The van der Waals surface area contributed by atoms with Crippen molar-refractivity contribution in [1.82, 2.24) is 15.5 Å². The zero-order chi connectivity index (χ0) is 24.9. The van der Waals surface area contributed by atoms with Crippen LogP contribution in [0.15, 0.2) is 58.2 Å². The van der Waals surface area contributed by atoms with E-state index < -0.39 is 35.8 Å². The third-order valence-corrected chi connectivity index (χ3v) is 4.28. The first-order valence-corrected chi connectivity index (χ1v) is 9.57. The molecule has 1 heterocycles. The Hall–Kier alpha value is -3.90. The zero-order valence-corrected chi connectivity index (χ0v) is 17.3. The van der Waals surface area contributed by atoms with Crippen LogP contribution in [-0.4, -0.2) is 28.3 Å². The predicted molar refractivity (Wildman–Crippen MR) is 106 cm³/mol. The van der Waals surface area contributed by atoms with Crippen molar-refractivity contribution in [2.75, 3.05) is 0 Å². The van der Waals surface area contributed by atoms with Gasteiger partial charge in [0.2, 0.25) is 5.82 Å². The zero-order valence-electron chi connectivity index (χ0n) is 17.3. The summed E-state index contributed by atoms with van der Waals surface area (Å²) in [6.45, 7) is 1.38. The topological polar surface area (TPSA) is 89.6 Å². The van der Waals surface area contributed by atoms with E-state index in [-0.39, 0.29) is 29.1 Å². The maximum Gasteiger partial charge on any atom is 0.471 e. The van der Waals surface area contributed by atoms with Gasteiger partial charge in [0.25, 0.3) is 5.91 Å². The van der Waals surface area contributed by atoms with Crippen LogP contribution in [-0.2, 0) is 23.8 Å². The lowest BCUT2D eigenvalue weighted by Crippen LogP contribution is -2.33. The number of aromatic nitrogens is 2. The van der Waals surface area contributed by atoms with Crippen LogP contribution in [0.3, 0.4) is 0 Å². The molecule has 180 valence electrons. The SMILES string of the molecule is CC(C=NOCc1cccc(C(F)(F)F)c1)NC(=O)c1ccc(-c2noc(C(F)(F)F)n2)cc1. The predicted octanol–water partition coefficient (Wildman–Crippen LogP) is 5.10. The molecule has 34 heavy (non-hydrogen) atoms. The van der Waals surface area contributed by atoms with Crippen molar-refractivity contribution in [2.45, 2.75) is 31.9 Å². The van der Waals surface area contributed by atoms with Gasteiger partial charge in [0.05, 0.1) is 17.8 Å². The Labute approximate surface area is 188 Å². The average Bonchev–Trinajstić information content (AvgIpc) is 3.27. The highest BCUT2D eigenvalue weighted by Crippen LogP contribution is 2.30. The number of carbonyl (C=O) groups is 1. The summed E-state index contributed by atoms with van der Waals surface area (Å²) in [7, 11) is 0. The van der Waals surface area contributed by atoms with Crippen molar-refractivity contribution < 1.29 is 40.5 Å². The van der Waals surface area contributed by atoms with Crippen LogP contribution in [0.4, 0.5) is 26.3 Å². The van der Waals surface area contributed by atoms with E-state index in [0.29, 0.717) is 0 Å². The molecular formula is C21H16F6N4O3. The Morgan fingerprint density at radius 1 is 1.12 bits per heavy atom. The standard InChI is InChI=1S/C21H16F6N4O3/c1-12(10-28-33-11-13-3-2-4-16(9-13)20(22,23)24)29-18(32)15-7-5-14(6-8-15)17-30-19(34-31-17)21(25,26)27/h2-10,12H,11H2,1H3,(H,29,32). The van der Waals surface area contributed by atoms with E-state index in [9.17, 15) is 31.1 Å². The van der Waals surface area contributed by atoms with Crippen LogP contribution < -0.4 is 5.32 Å². The summed E-state index contributed by atoms with van der Waals surface area (Å²) in [6, 6.07) is 9.45. The van der Waals surface area contributed by atoms with Crippen LogP contribution in [0.1, 0.15) is 34.3 Å². The Morgan fingerprint density at radius 2 is 1.82 bits per heavy atom. The molecule has 0 saturated heterocycles. The van der Waals surface area contributed by atoms with Crippen molar-refractivity contribution in [3.8, 4) is 11.4 Å². The second-order valence-corrected chi connectivity index (χ2v) is 6.99. The third kappa shape index (κ3) is 6.56. The number of rotatable bonds is 7. The summed E-state index contributed by atoms with van der Waals surface area (Å²) in [6.07, 6.45) is -7.98. The van der Waals surface area contributed by atoms with Gasteiger partial charge in [-0.15, -0.1) is 0 Å². The molecule has 3 rings (SSSR count). The molecule has 0 aliphatic heterocycles. The molecule has 1 N–H and O–H groups in total. The van der Waals surface area contributed by atoms with Gasteiger partial charge in [0, 0.05) is 11.1 Å². The number of benzene rings is 2. The van der Waals surface area contributed by atoms with E-state index in [1.54, 1.807) is 6.92 Å². The second kappa shape index (κ2) is 9.93. The summed E-state index contributed by atoms with van der Waals surface area (Å²) < 4.78 is 80.0. The smallest absolute Gasteiger partial charge is 0.391 e. The molecule has 0 spiro atoms. The molecule has 2 aromatic carbocycles. The molecule has 7 nitrogen and oxygen atoms in total. The van der Waals surface area contributed by atoms with Crippen LogP contribution >= 0.6 is 0 Å². The lowest BCUT2D eigenvalue weighted by molar-refractivity contribution is -0.159. The van der Waals surface area contributed by atoms with Gasteiger partial charge in [-0.25, -0.2) is 0 Å². The number of amides is 1. The van der Waals surface area contributed by atoms with Crippen molar-refractivity contribution >= 4 is 12.1 Å². The molecule has 0 aliphatic rings. The van der Waals surface area contributed by atoms with Gasteiger partial charge in [-0.1, -0.05) is 34.6 Å². The summed E-state index contributed by atoms with van der Waals surface area (Å²) >= 11 is 0. The first-order valence-electron chi connectivity index (χ1n) is 9.57. The molecule has 1 amide bonds. The molecule has 0 radical (unpaired) electrons. The van der Waals surface area contributed by atoms with Crippen molar-refractivity contribution in [1.29, 1.82) is 0 Å². The fourth-order valence-corrected chi connectivity index (χ4v) is 2.64. The summed E-state index contributed by atoms with van der Waals surface area (Å²) in [4.78, 5) is 20.6. The number of carbonyl (C=O) groups excluding carboxylic acids is 1. The summed E-state index contributed by atoms with van der Waals surface area (Å²) in [5.41, 5.74) is -0.112. The number of oxime groups is 1.